The van der Waals surface area contributed by atoms with Gasteiger partial charge < -0.3 is 19.5 Å². The molecule has 0 unspecified atom stereocenters. The Kier molecular flexibility index (Phi) is 8.68. The van der Waals surface area contributed by atoms with E-state index in [0.29, 0.717) is 36.2 Å². The van der Waals surface area contributed by atoms with Gasteiger partial charge in [0.05, 0.1) is 0 Å². The number of carbonyl (C=O) groups excluding carboxylic acids is 1. The minimum atomic E-state index is -0.985. The smallest absolute Gasteiger partial charge is 0.345 e. The number of carboxylic acids is 1. The van der Waals surface area contributed by atoms with E-state index < -0.39 is 5.97 Å². The monoisotopic (exact) mass is 546 g/mol. The van der Waals surface area contributed by atoms with Gasteiger partial charge in [-0.25, -0.2) is 9.18 Å². The standard InChI is InChI=1S/C27H28ClFN2O5S/c1-17-13-31(18(2)12-30(17)14-19-3-6-21(29)7-4-19)26(32)16-36-23-9-5-20(28)11-24(23)35-15-22-8-10-25(37-22)27(33)34/h3-11,17-18H,12-16H2,1-2H3,(H,33,34)/t17-,18+/m0/s1. The second kappa shape index (κ2) is 11.9. The van der Waals surface area contributed by atoms with Crippen LogP contribution in [0.25, 0.3) is 0 Å². The fraction of sp³-hybridized carbons (Fsp3) is 0.333. The molecule has 1 aliphatic heterocycles. The molecule has 4 rings (SSSR count). The summed E-state index contributed by atoms with van der Waals surface area (Å²) in [6, 6.07) is 14.7. The van der Waals surface area contributed by atoms with Crippen LogP contribution in [0.2, 0.25) is 5.02 Å². The minimum absolute atomic E-state index is 0.0176. The summed E-state index contributed by atoms with van der Waals surface area (Å²) in [5.41, 5.74) is 1.03. The van der Waals surface area contributed by atoms with Crippen molar-refractivity contribution < 1.29 is 28.6 Å². The van der Waals surface area contributed by atoms with Crippen molar-refractivity contribution in [2.24, 2.45) is 0 Å². The molecule has 2 heterocycles. The highest BCUT2D eigenvalue weighted by Crippen LogP contribution is 2.32. The molecule has 196 valence electrons. The lowest BCUT2D eigenvalue weighted by atomic mass is 10.1. The van der Waals surface area contributed by atoms with E-state index >= 15 is 0 Å². The minimum Gasteiger partial charge on any atom is -0.484 e. The molecule has 0 bridgehead atoms. The Balaban J connectivity index is 1.34. The first-order valence-electron chi connectivity index (χ1n) is 11.8. The average molecular weight is 547 g/mol. The number of hydrogen-bond donors (Lipinski definition) is 1. The third kappa shape index (κ3) is 7.00. The molecule has 3 aromatic rings. The van der Waals surface area contributed by atoms with Crippen LogP contribution in [-0.4, -0.2) is 58.6 Å². The average Bonchev–Trinajstić information content (AvgIpc) is 3.35. The second-order valence-electron chi connectivity index (χ2n) is 9.04. The molecule has 7 nitrogen and oxygen atoms in total. The van der Waals surface area contributed by atoms with Crippen molar-refractivity contribution in [2.75, 3.05) is 19.7 Å². The molecule has 37 heavy (non-hydrogen) atoms. The van der Waals surface area contributed by atoms with Crippen LogP contribution in [0.3, 0.4) is 0 Å². The van der Waals surface area contributed by atoms with Crippen molar-refractivity contribution in [2.45, 2.75) is 39.1 Å². The summed E-state index contributed by atoms with van der Waals surface area (Å²) in [6.45, 7) is 6.00. The molecule has 0 aliphatic carbocycles. The molecule has 0 spiro atoms. The summed E-state index contributed by atoms with van der Waals surface area (Å²) in [5.74, 6) is -0.624. The first-order valence-corrected chi connectivity index (χ1v) is 13.0. The van der Waals surface area contributed by atoms with Gasteiger partial charge in [0.15, 0.2) is 18.1 Å². The Labute approximate surface area is 224 Å². The van der Waals surface area contributed by atoms with Crippen LogP contribution in [0.4, 0.5) is 4.39 Å². The predicted molar refractivity (Wildman–Crippen MR) is 140 cm³/mol. The fourth-order valence-electron chi connectivity index (χ4n) is 4.25. The van der Waals surface area contributed by atoms with Crippen LogP contribution in [0, 0.1) is 5.82 Å². The van der Waals surface area contributed by atoms with Crippen molar-refractivity contribution in [3.63, 3.8) is 0 Å². The number of carboxylic acid groups (broad SMARTS) is 1. The van der Waals surface area contributed by atoms with Gasteiger partial charge in [0, 0.05) is 47.7 Å². The predicted octanol–water partition coefficient (Wildman–Crippen LogP) is 5.32. The van der Waals surface area contributed by atoms with Gasteiger partial charge in [0.2, 0.25) is 0 Å². The highest BCUT2D eigenvalue weighted by Gasteiger charge is 2.32. The summed E-state index contributed by atoms with van der Waals surface area (Å²) in [6.07, 6.45) is 0. The van der Waals surface area contributed by atoms with Crippen molar-refractivity contribution in [1.82, 2.24) is 9.80 Å². The number of halogens is 2. The first kappa shape index (κ1) is 26.9. The number of thiophene rings is 1. The lowest BCUT2D eigenvalue weighted by Gasteiger charge is -2.44. The molecule has 1 N–H and O–H groups in total. The summed E-state index contributed by atoms with van der Waals surface area (Å²) < 4.78 is 24.9. The number of carbonyl (C=O) groups is 2. The van der Waals surface area contributed by atoms with E-state index in [4.69, 9.17) is 26.2 Å². The van der Waals surface area contributed by atoms with Gasteiger partial charge in [0.25, 0.3) is 5.91 Å². The summed E-state index contributed by atoms with van der Waals surface area (Å²) in [7, 11) is 0. The van der Waals surface area contributed by atoms with Crippen LogP contribution in [0.1, 0.15) is 34.0 Å². The fourth-order valence-corrected chi connectivity index (χ4v) is 5.17. The third-order valence-corrected chi connectivity index (χ3v) is 7.52. The van der Waals surface area contributed by atoms with Gasteiger partial charge in [-0.15, -0.1) is 11.3 Å². The van der Waals surface area contributed by atoms with Gasteiger partial charge in [-0.2, -0.15) is 0 Å². The maximum atomic E-state index is 13.2. The van der Waals surface area contributed by atoms with Crippen molar-refractivity contribution >= 4 is 34.8 Å². The molecule has 2 atom stereocenters. The molecule has 1 saturated heterocycles. The largest absolute Gasteiger partial charge is 0.484 e. The maximum Gasteiger partial charge on any atom is 0.345 e. The molecule has 1 aromatic heterocycles. The van der Waals surface area contributed by atoms with E-state index in [1.807, 2.05) is 11.8 Å². The van der Waals surface area contributed by atoms with E-state index in [0.717, 1.165) is 21.8 Å². The topological polar surface area (TPSA) is 79.3 Å². The number of benzene rings is 2. The Bertz CT molecular complexity index is 1250. The molecular weight excluding hydrogens is 519 g/mol. The molecule has 1 aliphatic rings. The molecule has 0 radical (unpaired) electrons. The molecule has 1 amide bonds. The number of ether oxygens (including phenoxy) is 2. The van der Waals surface area contributed by atoms with Crippen LogP contribution in [0.15, 0.2) is 54.6 Å². The summed E-state index contributed by atoms with van der Waals surface area (Å²) in [5, 5.41) is 9.55. The molecule has 0 saturated carbocycles. The maximum absolute atomic E-state index is 13.2. The number of amides is 1. The highest BCUT2D eigenvalue weighted by molar-refractivity contribution is 7.13. The Morgan fingerprint density at radius 2 is 1.78 bits per heavy atom. The lowest BCUT2D eigenvalue weighted by Crippen LogP contribution is -2.58. The SMILES string of the molecule is C[C@@H]1CN(Cc2ccc(F)cc2)[C@@H](C)CN1C(=O)COc1ccc(Cl)cc1OCc1ccc(C(=O)O)s1. The quantitative estimate of drug-likeness (QED) is 0.391. The van der Waals surface area contributed by atoms with Crippen LogP contribution < -0.4 is 9.47 Å². The van der Waals surface area contributed by atoms with Crippen LogP contribution in [-0.2, 0) is 17.9 Å². The summed E-state index contributed by atoms with van der Waals surface area (Å²) in [4.78, 5) is 29.2. The number of nitrogens with zero attached hydrogens (tertiary/aromatic N) is 2. The highest BCUT2D eigenvalue weighted by atomic mass is 35.5. The van der Waals surface area contributed by atoms with E-state index in [1.165, 1.54) is 18.2 Å². The van der Waals surface area contributed by atoms with E-state index in [9.17, 15) is 14.0 Å². The van der Waals surface area contributed by atoms with Gasteiger partial charge >= 0.3 is 5.97 Å². The molecule has 10 heteroatoms. The molecule has 2 aromatic carbocycles. The normalized spacial score (nSPS) is 18.0. The second-order valence-corrected chi connectivity index (χ2v) is 10.6. The van der Waals surface area contributed by atoms with Crippen LogP contribution >= 0.6 is 22.9 Å². The lowest BCUT2D eigenvalue weighted by molar-refractivity contribution is -0.139. The Hall–Kier alpha value is -3.14. The number of hydrogen-bond acceptors (Lipinski definition) is 6. The Morgan fingerprint density at radius 1 is 1.03 bits per heavy atom. The van der Waals surface area contributed by atoms with Crippen LogP contribution in [0.5, 0.6) is 11.5 Å². The zero-order valence-electron chi connectivity index (χ0n) is 20.5. The molecular formula is C27H28ClFN2O5S. The number of rotatable bonds is 9. The van der Waals surface area contributed by atoms with Gasteiger partial charge in [-0.05, 0) is 55.8 Å². The number of piperazine rings is 1. The van der Waals surface area contributed by atoms with Gasteiger partial charge in [-0.1, -0.05) is 23.7 Å². The van der Waals surface area contributed by atoms with Crippen molar-refractivity contribution in [3.05, 3.63) is 80.8 Å². The zero-order valence-corrected chi connectivity index (χ0v) is 22.1. The molecule has 1 fully saturated rings. The first-order chi connectivity index (χ1) is 17.7. The Morgan fingerprint density at radius 3 is 2.49 bits per heavy atom. The zero-order chi connectivity index (χ0) is 26.5. The third-order valence-electron chi connectivity index (χ3n) is 6.23. The van der Waals surface area contributed by atoms with E-state index in [1.54, 1.807) is 36.4 Å². The van der Waals surface area contributed by atoms with Gasteiger partial charge in [-0.3, -0.25) is 9.69 Å². The van der Waals surface area contributed by atoms with Gasteiger partial charge in [0.1, 0.15) is 17.3 Å². The van der Waals surface area contributed by atoms with Crippen molar-refractivity contribution in [1.29, 1.82) is 0 Å². The van der Waals surface area contributed by atoms with E-state index in [-0.39, 0.29) is 41.9 Å². The summed E-state index contributed by atoms with van der Waals surface area (Å²) >= 11 is 7.26. The van der Waals surface area contributed by atoms with E-state index in [2.05, 4.69) is 11.8 Å². The van der Waals surface area contributed by atoms with Crippen molar-refractivity contribution in [3.8, 4) is 11.5 Å². The number of aromatic carboxylic acids is 1.